The fourth-order valence-corrected chi connectivity index (χ4v) is 4.76. The van der Waals surface area contributed by atoms with Gasteiger partial charge in [0.2, 0.25) is 0 Å². The quantitative estimate of drug-likeness (QED) is 0.420. The molecule has 5 rings (SSSR count). The summed E-state index contributed by atoms with van der Waals surface area (Å²) in [6.07, 6.45) is 5.94. The first kappa shape index (κ1) is 18.0. The van der Waals surface area contributed by atoms with Gasteiger partial charge in [0, 0.05) is 5.56 Å². The van der Waals surface area contributed by atoms with Crippen molar-refractivity contribution in [3.05, 3.63) is 48.0 Å². The first-order chi connectivity index (χ1) is 13.1. The van der Waals surface area contributed by atoms with Crippen LogP contribution in [0, 0.1) is 35.5 Å². The van der Waals surface area contributed by atoms with Crippen molar-refractivity contribution in [2.24, 2.45) is 35.5 Å². The van der Waals surface area contributed by atoms with E-state index in [1.165, 1.54) is 0 Å². The molecule has 0 spiro atoms. The van der Waals surface area contributed by atoms with Gasteiger partial charge in [-0.05, 0) is 36.5 Å². The molecule has 0 unspecified atom stereocenters. The first-order valence-corrected chi connectivity index (χ1v) is 9.71. The molecule has 0 radical (unpaired) electrons. The summed E-state index contributed by atoms with van der Waals surface area (Å²) in [4.78, 5) is 37.8. The fraction of sp³-hybridized carbons (Fsp3) is 0.500. The molecule has 0 aliphatic heterocycles. The van der Waals surface area contributed by atoms with Crippen molar-refractivity contribution in [1.29, 1.82) is 0 Å². The minimum Gasteiger partial charge on any atom is -0.465 e. The lowest BCUT2D eigenvalue weighted by atomic mass is 9.62. The topological polar surface area (TPSA) is 69.7 Å². The van der Waals surface area contributed by atoms with Crippen LogP contribution in [0.5, 0.6) is 0 Å². The number of ether oxygens (including phenoxy) is 2. The molecule has 1 aromatic rings. The molecule has 4 aliphatic carbocycles. The van der Waals surface area contributed by atoms with E-state index >= 15 is 0 Å². The zero-order valence-corrected chi connectivity index (χ0v) is 15.4. The Hall–Kier alpha value is -2.43. The van der Waals surface area contributed by atoms with E-state index in [2.05, 4.69) is 12.2 Å². The largest absolute Gasteiger partial charge is 0.465 e. The minimum atomic E-state index is -0.545. The van der Waals surface area contributed by atoms with Gasteiger partial charge < -0.3 is 9.47 Å². The van der Waals surface area contributed by atoms with Crippen LogP contribution in [0.4, 0.5) is 0 Å². The lowest BCUT2D eigenvalue weighted by molar-refractivity contribution is -0.167. The molecule has 2 saturated carbocycles. The highest BCUT2D eigenvalue weighted by Gasteiger charge is 2.63. The highest BCUT2D eigenvalue weighted by Crippen LogP contribution is 2.63. The van der Waals surface area contributed by atoms with Gasteiger partial charge in [0.25, 0.3) is 0 Å². The number of ketones is 1. The van der Waals surface area contributed by atoms with Crippen LogP contribution in [0.1, 0.15) is 30.1 Å². The Morgan fingerprint density at radius 3 is 2.11 bits per heavy atom. The number of hydrogen-bond donors (Lipinski definition) is 0. The van der Waals surface area contributed by atoms with Crippen molar-refractivity contribution in [2.75, 3.05) is 13.2 Å². The first-order valence-electron chi connectivity index (χ1n) is 9.71. The summed E-state index contributed by atoms with van der Waals surface area (Å²) >= 11 is 0. The summed E-state index contributed by atoms with van der Waals surface area (Å²) in [6.45, 7) is 2.00. The summed E-state index contributed by atoms with van der Waals surface area (Å²) in [5.74, 6) is -1.04. The SMILES string of the molecule is CCCOC(=O)[C@H]1[C@H]2C=C[C@H]([C@H]3C[C@H]23)[C@@H]1C(=O)OCC(=O)c1ccccc1. The molecule has 2 bridgehead atoms. The number of rotatable bonds is 7. The van der Waals surface area contributed by atoms with Crippen molar-refractivity contribution < 1.29 is 23.9 Å². The van der Waals surface area contributed by atoms with E-state index in [0.29, 0.717) is 24.0 Å². The number of carbonyl (C=O) groups is 3. The maximum atomic E-state index is 12.9. The average molecular weight is 368 g/mol. The van der Waals surface area contributed by atoms with Gasteiger partial charge in [-0.15, -0.1) is 0 Å². The molecule has 1 aromatic carbocycles. The van der Waals surface area contributed by atoms with Crippen LogP contribution >= 0.6 is 0 Å². The Morgan fingerprint density at radius 1 is 0.926 bits per heavy atom. The van der Waals surface area contributed by atoms with Crippen LogP contribution in [-0.4, -0.2) is 30.9 Å². The number of fused-ring (bicyclic) bond motifs is 1. The third kappa shape index (κ3) is 3.31. The predicted octanol–water partition coefficient (Wildman–Crippen LogP) is 3.05. The smallest absolute Gasteiger partial charge is 0.310 e. The number of carbonyl (C=O) groups excluding carboxylic acids is 3. The number of hydrogen-bond acceptors (Lipinski definition) is 5. The van der Waals surface area contributed by atoms with E-state index in [-0.39, 0.29) is 30.2 Å². The number of esters is 2. The van der Waals surface area contributed by atoms with E-state index in [9.17, 15) is 14.4 Å². The van der Waals surface area contributed by atoms with Gasteiger partial charge in [-0.25, -0.2) is 0 Å². The molecule has 0 saturated heterocycles. The van der Waals surface area contributed by atoms with Crippen LogP contribution in [-0.2, 0) is 19.1 Å². The van der Waals surface area contributed by atoms with Gasteiger partial charge in [0.1, 0.15) is 0 Å². The summed E-state index contributed by atoms with van der Waals surface area (Å²) in [5.41, 5.74) is 0.511. The van der Waals surface area contributed by atoms with Crippen molar-refractivity contribution >= 4 is 17.7 Å². The standard InChI is InChI=1S/C22H24O5/c1-2-10-26-21(24)19-14-8-9-15(17-11-16(14)17)20(19)22(25)27-12-18(23)13-6-4-3-5-7-13/h3-9,14-17,19-20H,2,10-12H2,1H3/t14-,15+,16+,17+,19-,20-/m0/s1. The molecular weight excluding hydrogens is 344 g/mol. The zero-order chi connectivity index (χ0) is 19.0. The summed E-state index contributed by atoms with van der Waals surface area (Å²) in [7, 11) is 0. The highest BCUT2D eigenvalue weighted by atomic mass is 16.5. The third-order valence-electron chi connectivity index (χ3n) is 6.09. The van der Waals surface area contributed by atoms with E-state index < -0.39 is 17.8 Å². The molecule has 5 heteroatoms. The highest BCUT2D eigenvalue weighted by molar-refractivity contribution is 5.98. The van der Waals surface area contributed by atoms with E-state index in [1.54, 1.807) is 24.3 Å². The van der Waals surface area contributed by atoms with Crippen LogP contribution < -0.4 is 0 Å². The number of benzene rings is 1. The number of allylic oxidation sites excluding steroid dienone is 2. The molecule has 0 N–H and O–H groups in total. The van der Waals surface area contributed by atoms with Crippen LogP contribution in [0.2, 0.25) is 0 Å². The van der Waals surface area contributed by atoms with Gasteiger partial charge in [-0.3, -0.25) is 14.4 Å². The lowest BCUT2D eigenvalue weighted by Gasteiger charge is -2.41. The monoisotopic (exact) mass is 368 g/mol. The molecule has 6 atom stereocenters. The van der Waals surface area contributed by atoms with Gasteiger partial charge in [-0.1, -0.05) is 49.4 Å². The van der Waals surface area contributed by atoms with Crippen molar-refractivity contribution in [3.8, 4) is 0 Å². The van der Waals surface area contributed by atoms with Crippen LogP contribution in [0.3, 0.4) is 0 Å². The van der Waals surface area contributed by atoms with Crippen LogP contribution in [0.25, 0.3) is 0 Å². The van der Waals surface area contributed by atoms with Gasteiger partial charge >= 0.3 is 11.9 Å². The van der Waals surface area contributed by atoms with Crippen molar-refractivity contribution in [1.82, 2.24) is 0 Å². The average Bonchev–Trinajstić information content (AvgIpc) is 3.52. The Kier molecular flexibility index (Phi) is 4.85. The van der Waals surface area contributed by atoms with E-state index in [4.69, 9.17) is 9.47 Å². The summed E-state index contributed by atoms with van der Waals surface area (Å²) in [5, 5.41) is 0. The molecular formula is C22H24O5. The maximum Gasteiger partial charge on any atom is 0.310 e. The predicted molar refractivity (Wildman–Crippen MR) is 97.7 cm³/mol. The normalized spacial score (nSPS) is 32.5. The second-order valence-electron chi connectivity index (χ2n) is 7.72. The maximum absolute atomic E-state index is 12.9. The van der Waals surface area contributed by atoms with Crippen LogP contribution in [0.15, 0.2) is 42.5 Å². The molecule has 0 aromatic heterocycles. The Morgan fingerprint density at radius 2 is 1.52 bits per heavy atom. The minimum absolute atomic E-state index is 0.0125. The summed E-state index contributed by atoms with van der Waals surface area (Å²) < 4.78 is 10.7. The Labute approximate surface area is 158 Å². The lowest BCUT2D eigenvalue weighted by Crippen LogP contribution is -2.48. The van der Waals surface area contributed by atoms with E-state index in [1.807, 2.05) is 13.0 Å². The van der Waals surface area contributed by atoms with Gasteiger partial charge in [0.05, 0.1) is 18.4 Å². The molecule has 142 valence electrons. The third-order valence-corrected chi connectivity index (χ3v) is 6.09. The van der Waals surface area contributed by atoms with Crippen molar-refractivity contribution in [3.63, 3.8) is 0 Å². The van der Waals surface area contributed by atoms with Crippen molar-refractivity contribution in [2.45, 2.75) is 19.8 Å². The molecule has 2 fully saturated rings. The second kappa shape index (κ2) is 7.29. The van der Waals surface area contributed by atoms with Gasteiger partial charge in [0.15, 0.2) is 12.4 Å². The Bertz CT molecular complexity index is 768. The second-order valence-corrected chi connectivity index (χ2v) is 7.72. The molecule has 4 aliphatic rings. The molecule has 0 amide bonds. The summed E-state index contributed by atoms with van der Waals surface area (Å²) in [6, 6.07) is 8.76. The van der Waals surface area contributed by atoms with Gasteiger partial charge in [-0.2, -0.15) is 0 Å². The Balaban J connectivity index is 1.46. The zero-order valence-electron chi connectivity index (χ0n) is 15.4. The fourth-order valence-electron chi connectivity index (χ4n) is 4.76. The molecule has 5 nitrogen and oxygen atoms in total. The van der Waals surface area contributed by atoms with E-state index in [0.717, 1.165) is 12.8 Å². The number of Topliss-reactive ketones (excluding diaryl/α,β-unsaturated/α-hetero) is 1. The molecule has 0 heterocycles. The molecule has 27 heavy (non-hydrogen) atoms.